The molecule has 31 heavy (non-hydrogen) atoms. The number of nitrogens with zero attached hydrogens (tertiary/aromatic N) is 5. The number of carbonyl (C=O) groups excluding carboxylic acids is 1. The fraction of sp³-hybridized carbons (Fsp3) is 0.278. The summed E-state index contributed by atoms with van der Waals surface area (Å²) in [6.07, 6.45) is -2.82. The van der Waals surface area contributed by atoms with E-state index in [4.69, 9.17) is 11.6 Å². The molecular formula is C18H15ClF4N6O2. The van der Waals surface area contributed by atoms with Crippen LogP contribution in [0.1, 0.15) is 40.3 Å². The third-order valence-electron chi connectivity index (χ3n) is 4.24. The van der Waals surface area contributed by atoms with E-state index in [1.807, 2.05) is 0 Å². The summed E-state index contributed by atoms with van der Waals surface area (Å²) in [6, 6.07) is 2.19. The topological polar surface area (TPSA) is 106 Å². The maximum Gasteiger partial charge on any atom is 0.417 e. The molecule has 0 radical (unpaired) electrons. The molecule has 0 aliphatic heterocycles. The highest BCUT2D eigenvalue weighted by atomic mass is 35.5. The summed E-state index contributed by atoms with van der Waals surface area (Å²) in [5.41, 5.74) is -0.938. The molecule has 2 N–H and O–H groups in total. The van der Waals surface area contributed by atoms with E-state index < -0.39 is 34.5 Å². The van der Waals surface area contributed by atoms with E-state index in [-0.39, 0.29) is 30.2 Å². The van der Waals surface area contributed by atoms with Gasteiger partial charge in [0.15, 0.2) is 5.82 Å². The van der Waals surface area contributed by atoms with Crippen molar-refractivity contribution in [3.05, 3.63) is 63.9 Å². The molecule has 1 amide bonds. The Morgan fingerprint density at radius 3 is 2.58 bits per heavy atom. The number of alkyl halides is 3. The number of carbonyl (C=O) groups is 1. The van der Waals surface area contributed by atoms with E-state index in [0.29, 0.717) is 5.69 Å². The fourth-order valence-corrected chi connectivity index (χ4v) is 3.15. The molecule has 0 unspecified atom stereocenters. The van der Waals surface area contributed by atoms with Crippen LogP contribution in [0.15, 0.2) is 30.6 Å². The van der Waals surface area contributed by atoms with Crippen LogP contribution in [-0.4, -0.2) is 42.6 Å². The number of nitrogens with one attached hydrogen (secondary N) is 1. The second kappa shape index (κ2) is 8.94. The Kier molecular flexibility index (Phi) is 6.51. The summed E-state index contributed by atoms with van der Waals surface area (Å²) in [5.74, 6) is -1.53. The first-order valence-electron chi connectivity index (χ1n) is 8.83. The predicted octanol–water partition coefficient (Wildman–Crippen LogP) is 2.89. The number of amides is 1. The van der Waals surface area contributed by atoms with Gasteiger partial charge >= 0.3 is 6.18 Å². The van der Waals surface area contributed by atoms with Gasteiger partial charge in [0.25, 0.3) is 11.9 Å². The van der Waals surface area contributed by atoms with Crippen molar-refractivity contribution in [3.63, 3.8) is 0 Å². The van der Waals surface area contributed by atoms with Crippen molar-refractivity contribution in [2.45, 2.75) is 25.6 Å². The minimum absolute atomic E-state index is 0.0111. The number of benzene rings is 1. The molecule has 8 nitrogen and oxygen atoms in total. The van der Waals surface area contributed by atoms with Crippen LogP contribution < -0.4 is 5.32 Å². The molecule has 0 aliphatic rings. The number of hydrogen-bond acceptors (Lipinski definition) is 6. The molecule has 0 saturated heterocycles. The van der Waals surface area contributed by atoms with Crippen molar-refractivity contribution in [1.82, 2.24) is 30.3 Å². The first-order chi connectivity index (χ1) is 14.6. The standard InChI is InChI=1S/C18H15ClF4N6O2/c1-9(26-16(31)11-3-2-4-12(14(11)19)18(21,22)23)15-13(5-6-30)29(28-27-15)17-24-7-10(20)8-25-17/h2-4,7-9,30H,5-6H2,1H3,(H,26,31)/t9-/m1/s1. The van der Waals surface area contributed by atoms with E-state index in [9.17, 15) is 27.5 Å². The zero-order chi connectivity index (χ0) is 22.8. The molecule has 0 bridgehead atoms. The van der Waals surface area contributed by atoms with Gasteiger partial charge in [-0.05, 0) is 19.1 Å². The van der Waals surface area contributed by atoms with Gasteiger partial charge in [-0.3, -0.25) is 4.79 Å². The third-order valence-corrected chi connectivity index (χ3v) is 4.65. The van der Waals surface area contributed by atoms with Gasteiger partial charge in [0.05, 0.1) is 40.3 Å². The Labute approximate surface area is 177 Å². The van der Waals surface area contributed by atoms with Gasteiger partial charge in [0.1, 0.15) is 5.69 Å². The lowest BCUT2D eigenvalue weighted by Crippen LogP contribution is -2.28. The van der Waals surface area contributed by atoms with Crippen molar-refractivity contribution in [3.8, 4) is 5.95 Å². The van der Waals surface area contributed by atoms with Gasteiger partial charge in [-0.15, -0.1) is 5.10 Å². The first-order valence-corrected chi connectivity index (χ1v) is 9.21. The molecule has 3 rings (SSSR count). The quantitative estimate of drug-likeness (QED) is 0.550. The van der Waals surface area contributed by atoms with E-state index in [1.165, 1.54) is 11.6 Å². The SMILES string of the molecule is C[C@@H](NC(=O)c1cccc(C(F)(F)F)c1Cl)c1nnn(-c2ncc(F)cn2)c1CCO. The predicted molar refractivity (Wildman–Crippen MR) is 100 cm³/mol. The third kappa shape index (κ3) is 4.80. The van der Waals surface area contributed by atoms with Crippen LogP contribution in [0, 0.1) is 5.82 Å². The Bertz CT molecular complexity index is 1090. The smallest absolute Gasteiger partial charge is 0.396 e. The number of aliphatic hydroxyl groups is 1. The zero-order valence-electron chi connectivity index (χ0n) is 15.9. The zero-order valence-corrected chi connectivity index (χ0v) is 16.6. The summed E-state index contributed by atoms with van der Waals surface area (Å²) in [6.45, 7) is 1.22. The highest BCUT2D eigenvalue weighted by molar-refractivity contribution is 6.34. The monoisotopic (exact) mass is 458 g/mol. The van der Waals surface area contributed by atoms with Crippen molar-refractivity contribution in [1.29, 1.82) is 0 Å². The van der Waals surface area contributed by atoms with Crippen molar-refractivity contribution in [2.24, 2.45) is 0 Å². The highest BCUT2D eigenvalue weighted by Crippen LogP contribution is 2.36. The van der Waals surface area contributed by atoms with Crippen LogP contribution in [0.25, 0.3) is 5.95 Å². The molecule has 1 atom stereocenters. The number of rotatable bonds is 6. The molecule has 0 aliphatic carbocycles. The van der Waals surface area contributed by atoms with Crippen LogP contribution in [0.5, 0.6) is 0 Å². The Balaban J connectivity index is 1.89. The molecular weight excluding hydrogens is 444 g/mol. The fourth-order valence-electron chi connectivity index (χ4n) is 2.83. The summed E-state index contributed by atoms with van der Waals surface area (Å²) >= 11 is 5.80. The lowest BCUT2D eigenvalue weighted by molar-refractivity contribution is -0.137. The molecule has 3 aromatic rings. The van der Waals surface area contributed by atoms with Gasteiger partial charge in [-0.1, -0.05) is 22.9 Å². The van der Waals surface area contributed by atoms with Gasteiger partial charge in [0.2, 0.25) is 0 Å². The van der Waals surface area contributed by atoms with E-state index >= 15 is 0 Å². The second-order valence-electron chi connectivity index (χ2n) is 6.37. The number of hydrogen-bond donors (Lipinski definition) is 2. The first kappa shape index (κ1) is 22.6. The number of aromatic nitrogens is 5. The molecule has 0 fully saturated rings. The average molecular weight is 459 g/mol. The Morgan fingerprint density at radius 1 is 1.29 bits per heavy atom. The van der Waals surface area contributed by atoms with Gasteiger partial charge in [0, 0.05) is 13.0 Å². The molecule has 2 heterocycles. The van der Waals surface area contributed by atoms with Crippen molar-refractivity contribution >= 4 is 17.5 Å². The Hall–Kier alpha value is -3.12. The molecule has 164 valence electrons. The number of aliphatic hydroxyl groups excluding tert-OH is 1. The second-order valence-corrected chi connectivity index (χ2v) is 6.75. The van der Waals surface area contributed by atoms with Crippen LogP contribution in [0.3, 0.4) is 0 Å². The number of halogens is 5. The molecule has 13 heteroatoms. The average Bonchev–Trinajstić information content (AvgIpc) is 3.12. The molecule has 2 aromatic heterocycles. The van der Waals surface area contributed by atoms with Gasteiger partial charge in [-0.2, -0.15) is 17.9 Å². The minimum atomic E-state index is -4.72. The largest absolute Gasteiger partial charge is 0.417 e. The minimum Gasteiger partial charge on any atom is -0.396 e. The molecule has 0 saturated carbocycles. The van der Waals surface area contributed by atoms with Crippen LogP contribution in [-0.2, 0) is 12.6 Å². The van der Waals surface area contributed by atoms with Gasteiger partial charge in [-0.25, -0.2) is 14.4 Å². The van der Waals surface area contributed by atoms with Crippen molar-refractivity contribution < 1.29 is 27.5 Å². The van der Waals surface area contributed by atoms with E-state index in [0.717, 1.165) is 30.6 Å². The summed E-state index contributed by atoms with van der Waals surface area (Å²) in [4.78, 5) is 20.2. The van der Waals surface area contributed by atoms with E-state index in [1.54, 1.807) is 0 Å². The van der Waals surface area contributed by atoms with Crippen LogP contribution in [0.2, 0.25) is 5.02 Å². The highest BCUT2D eigenvalue weighted by Gasteiger charge is 2.35. The molecule has 1 aromatic carbocycles. The maximum absolute atomic E-state index is 13.1. The normalized spacial score (nSPS) is 12.6. The summed E-state index contributed by atoms with van der Waals surface area (Å²) < 4.78 is 53.4. The summed E-state index contributed by atoms with van der Waals surface area (Å²) in [7, 11) is 0. The maximum atomic E-state index is 13.1. The summed E-state index contributed by atoms with van der Waals surface area (Å²) in [5, 5.41) is 19.0. The van der Waals surface area contributed by atoms with E-state index in [2.05, 4.69) is 25.6 Å². The van der Waals surface area contributed by atoms with Crippen LogP contribution in [0.4, 0.5) is 17.6 Å². The van der Waals surface area contributed by atoms with Crippen LogP contribution >= 0.6 is 11.6 Å². The lowest BCUT2D eigenvalue weighted by atomic mass is 10.1. The van der Waals surface area contributed by atoms with Gasteiger partial charge < -0.3 is 10.4 Å². The van der Waals surface area contributed by atoms with Crippen molar-refractivity contribution in [2.75, 3.05) is 6.61 Å². The lowest BCUT2D eigenvalue weighted by Gasteiger charge is -2.16. The molecule has 0 spiro atoms. The Morgan fingerprint density at radius 2 is 1.97 bits per heavy atom.